The Kier molecular flexibility index (Phi) is 50.5. The number of aliphatic hydroxyl groups is 2. The van der Waals surface area contributed by atoms with Crippen molar-refractivity contribution in [1.29, 1.82) is 0 Å². The van der Waals surface area contributed by atoms with Crippen molar-refractivity contribution in [3.8, 4) is 0 Å². The third-order valence-corrected chi connectivity index (χ3v) is 15.0. The van der Waals surface area contributed by atoms with Gasteiger partial charge in [0.2, 0.25) is 0 Å². The molecule has 0 saturated carbocycles. The Morgan fingerprint density at radius 2 is 0.740 bits per heavy atom. The molecule has 450 valence electrons. The second kappa shape index (κ2) is 53.8. The minimum atomic E-state index is -1.90. The summed E-state index contributed by atoms with van der Waals surface area (Å²) in [6.45, 7) is 6.02. The molecular formula is C65H118O12. The van der Waals surface area contributed by atoms with Crippen molar-refractivity contribution in [3.05, 3.63) is 24.3 Å². The Morgan fingerprint density at radius 3 is 1.10 bits per heavy atom. The van der Waals surface area contributed by atoms with E-state index in [0.717, 1.165) is 83.5 Å². The quantitative estimate of drug-likeness (QED) is 0.0228. The fraction of sp³-hybridized carbons (Fsp3) is 0.877. The van der Waals surface area contributed by atoms with E-state index in [-0.39, 0.29) is 25.9 Å². The predicted molar refractivity (Wildman–Crippen MR) is 313 cm³/mol. The summed E-state index contributed by atoms with van der Waals surface area (Å²) in [6.07, 6.45) is 49.9. The summed E-state index contributed by atoms with van der Waals surface area (Å²) >= 11 is 0. The molecule has 1 heterocycles. The first-order valence-corrected chi connectivity index (χ1v) is 32.3. The van der Waals surface area contributed by atoms with Gasteiger partial charge < -0.3 is 39.0 Å². The van der Waals surface area contributed by atoms with Crippen LogP contribution in [0.25, 0.3) is 0 Å². The molecule has 1 aliphatic rings. The number of esters is 3. The molecular weight excluding hydrogens is 973 g/mol. The molecule has 1 fully saturated rings. The highest BCUT2D eigenvalue weighted by Crippen LogP contribution is 2.27. The standard InChI is InChI=1S/C65H118O12/c1-4-7-10-13-16-19-22-25-28-29-32-33-36-39-42-45-48-51-57(66)73-54-56(75-58(67)52-49-46-43-40-37-34-30-26-23-20-17-14-11-8-5-2)55-74-65-63(61(70)60(69)62(77-65)64(71)72)76-59(68)53-50-47-44-41-38-35-31-27-24-21-18-15-12-9-6-3/h25-26,28,30,56,60-63,65,69-70H,4-24,27,29,31-55H2,1-3H3,(H,71,72)/b28-25-,30-26-. The lowest BCUT2D eigenvalue weighted by atomic mass is 9.98. The topological polar surface area (TPSA) is 175 Å². The molecule has 6 unspecified atom stereocenters. The van der Waals surface area contributed by atoms with Gasteiger partial charge in [0.05, 0.1) is 6.61 Å². The monoisotopic (exact) mass is 1090 g/mol. The molecule has 1 aliphatic heterocycles. The summed E-state index contributed by atoms with van der Waals surface area (Å²) in [6, 6.07) is 0. The van der Waals surface area contributed by atoms with E-state index in [9.17, 15) is 34.5 Å². The molecule has 6 atom stereocenters. The smallest absolute Gasteiger partial charge is 0.335 e. The van der Waals surface area contributed by atoms with Crippen molar-refractivity contribution < 1.29 is 58.2 Å². The summed E-state index contributed by atoms with van der Waals surface area (Å²) in [4.78, 5) is 51.3. The lowest BCUT2D eigenvalue weighted by molar-refractivity contribution is -0.301. The molecule has 77 heavy (non-hydrogen) atoms. The number of ether oxygens (including phenoxy) is 5. The molecule has 0 aromatic rings. The van der Waals surface area contributed by atoms with Crippen molar-refractivity contribution in [2.75, 3.05) is 13.2 Å². The average molecular weight is 1090 g/mol. The minimum absolute atomic E-state index is 0.0659. The van der Waals surface area contributed by atoms with Crippen LogP contribution in [0, 0.1) is 0 Å². The van der Waals surface area contributed by atoms with Gasteiger partial charge in [-0.05, 0) is 70.6 Å². The number of rotatable bonds is 56. The zero-order chi connectivity index (χ0) is 56.1. The van der Waals surface area contributed by atoms with E-state index in [1.165, 1.54) is 173 Å². The number of aliphatic carboxylic acids is 1. The van der Waals surface area contributed by atoms with Crippen LogP contribution in [0.5, 0.6) is 0 Å². The van der Waals surface area contributed by atoms with Crippen LogP contribution in [-0.2, 0) is 42.9 Å². The number of hydrogen-bond acceptors (Lipinski definition) is 11. The molecule has 0 aliphatic carbocycles. The number of carbonyl (C=O) groups is 4. The van der Waals surface area contributed by atoms with E-state index < -0.39 is 67.3 Å². The highest BCUT2D eigenvalue weighted by molar-refractivity contribution is 5.74. The Bertz CT molecular complexity index is 1430. The zero-order valence-electron chi connectivity index (χ0n) is 49.7. The van der Waals surface area contributed by atoms with Gasteiger partial charge in [-0.2, -0.15) is 0 Å². The lowest BCUT2D eigenvalue weighted by Crippen LogP contribution is -2.61. The van der Waals surface area contributed by atoms with Crippen LogP contribution in [-0.4, -0.2) is 89.2 Å². The maximum atomic E-state index is 13.2. The molecule has 0 spiro atoms. The number of carbonyl (C=O) groups excluding carboxylic acids is 3. The van der Waals surface area contributed by atoms with Gasteiger partial charge in [0.25, 0.3) is 0 Å². The summed E-state index contributed by atoms with van der Waals surface area (Å²) < 4.78 is 28.5. The molecule has 3 N–H and O–H groups in total. The third-order valence-electron chi connectivity index (χ3n) is 15.0. The van der Waals surface area contributed by atoms with E-state index >= 15 is 0 Å². The molecule has 0 radical (unpaired) electrons. The Hall–Kier alpha value is -2.80. The summed E-state index contributed by atoms with van der Waals surface area (Å²) in [7, 11) is 0. The molecule has 12 heteroatoms. The molecule has 0 bridgehead atoms. The fourth-order valence-corrected chi connectivity index (χ4v) is 10.0. The molecule has 0 aromatic heterocycles. The van der Waals surface area contributed by atoms with Crippen LogP contribution < -0.4 is 0 Å². The Morgan fingerprint density at radius 1 is 0.416 bits per heavy atom. The molecule has 1 saturated heterocycles. The van der Waals surface area contributed by atoms with Crippen molar-refractivity contribution in [2.24, 2.45) is 0 Å². The SMILES string of the molecule is CCCCCCCC/C=C\CCCCCCCCCC(=O)OCC(COC1OC(C(=O)O)C(O)C(O)C1OC(=O)CCCCCCCCCCCCCCCCC)OC(=O)CCCCCCC/C=C\CCCCCCCC. The van der Waals surface area contributed by atoms with E-state index in [1.54, 1.807) is 0 Å². The van der Waals surface area contributed by atoms with E-state index in [2.05, 4.69) is 45.1 Å². The van der Waals surface area contributed by atoms with Crippen molar-refractivity contribution in [1.82, 2.24) is 0 Å². The number of aliphatic hydroxyl groups excluding tert-OH is 2. The zero-order valence-corrected chi connectivity index (χ0v) is 49.7. The van der Waals surface area contributed by atoms with Crippen LogP contribution in [0.3, 0.4) is 0 Å². The van der Waals surface area contributed by atoms with Gasteiger partial charge in [0.1, 0.15) is 18.8 Å². The maximum absolute atomic E-state index is 13.2. The van der Waals surface area contributed by atoms with Crippen LogP contribution >= 0.6 is 0 Å². The summed E-state index contributed by atoms with van der Waals surface area (Å²) in [5.74, 6) is -3.10. The number of allylic oxidation sites excluding steroid dienone is 4. The predicted octanol–water partition coefficient (Wildman–Crippen LogP) is 17.0. The van der Waals surface area contributed by atoms with Gasteiger partial charge in [-0.25, -0.2) is 4.79 Å². The second-order valence-electron chi connectivity index (χ2n) is 22.4. The summed E-state index contributed by atoms with van der Waals surface area (Å²) in [5, 5.41) is 31.6. The van der Waals surface area contributed by atoms with Gasteiger partial charge in [-0.1, -0.05) is 251 Å². The first-order valence-electron chi connectivity index (χ1n) is 32.3. The van der Waals surface area contributed by atoms with Crippen molar-refractivity contribution in [3.63, 3.8) is 0 Å². The highest BCUT2D eigenvalue weighted by atomic mass is 16.7. The van der Waals surface area contributed by atoms with Crippen LogP contribution in [0.1, 0.15) is 316 Å². The number of unbranched alkanes of at least 4 members (excludes halogenated alkanes) is 38. The fourth-order valence-electron chi connectivity index (χ4n) is 10.0. The van der Waals surface area contributed by atoms with Crippen LogP contribution in [0.4, 0.5) is 0 Å². The number of hydrogen-bond donors (Lipinski definition) is 3. The maximum Gasteiger partial charge on any atom is 0.335 e. The molecule has 1 rings (SSSR count). The van der Waals surface area contributed by atoms with Crippen LogP contribution in [0.15, 0.2) is 24.3 Å². The first-order chi connectivity index (χ1) is 37.6. The largest absolute Gasteiger partial charge is 0.479 e. The van der Waals surface area contributed by atoms with Gasteiger partial charge in [0, 0.05) is 19.3 Å². The van der Waals surface area contributed by atoms with E-state index in [0.29, 0.717) is 19.3 Å². The lowest BCUT2D eigenvalue weighted by Gasteiger charge is -2.40. The third kappa shape index (κ3) is 43.7. The summed E-state index contributed by atoms with van der Waals surface area (Å²) in [5.41, 5.74) is 0. The van der Waals surface area contributed by atoms with Crippen molar-refractivity contribution >= 4 is 23.9 Å². The van der Waals surface area contributed by atoms with Gasteiger partial charge in [-0.15, -0.1) is 0 Å². The van der Waals surface area contributed by atoms with Gasteiger partial charge in [-0.3, -0.25) is 14.4 Å². The molecule has 0 amide bonds. The van der Waals surface area contributed by atoms with Gasteiger partial charge in [0.15, 0.2) is 24.6 Å². The minimum Gasteiger partial charge on any atom is -0.479 e. The van der Waals surface area contributed by atoms with Crippen LogP contribution in [0.2, 0.25) is 0 Å². The first kappa shape index (κ1) is 72.2. The second-order valence-corrected chi connectivity index (χ2v) is 22.4. The average Bonchev–Trinajstić information content (AvgIpc) is 3.42. The van der Waals surface area contributed by atoms with Crippen molar-refractivity contribution in [2.45, 2.75) is 353 Å². The molecule has 12 nitrogen and oxygen atoms in total. The number of carboxylic acid groups (broad SMARTS) is 1. The van der Waals surface area contributed by atoms with Gasteiger partial charge >= 0.3 is 23.9 Å². The normalized spacial score (nSPS) is 18.1. The number of carboxylic acids is 1. The Labute approximate surface area is 470 Å². The molecule has 0 aromatic carbocycles. The highest BCUT2D eigenvalue weighted by Gasteiger charge is 2.50. The Balaban J connectivity index is 2.66. The van der Waals surface area contributed by atoms with E-state index in [4.69, 9.17) is 23.7 Å². The van der Waals surface area contributed by atoms with E-state index in [1.807, 2.05) is 0 Å².